The van der Waals surface area contributed by atoms with E-state index in [2.05, 4.69) is 68.8 Å². The first-order chi connectivity index (χ1) is 15.5. The maximum Gasteiger partial charge on any atom is 0.238 e. The number of nitriles is 1. The first-order valence-electron chi connectivity index (χ1n) is 11.1. The van der Waals surface area contributed by atoms with Crippen molar-refractivity contribution in [1.82, 2.24) is 10.2 Å². The zero-order valence-corrected chi connectivity index (χ0v) is 20.6. The summed E-state index contributed by atoms with van der Waals surface area (Å²) in [5.74, 6) is -0.350. The first kappa shape index (κ1) is 23.1. The summed E-state index contributed by atoms with van der Waals surface area (Å²) in [7, 11) is 1.66. The number of rotatable bonds is 3. The molecule has 0 saturated carbocycles. The van der Waals surface area contributed by atoms with Crippen molar-refractivity contribution in [3.63, 3.8) is 0 Å². The molecule has 0 radical (unpaired) electrons. The van der Waals surface area contributed by atoms with Gasteiger partial charge in [-0.15, -0.1) is 11.8 Å². The van der Waals surface area contributed by atoms with E-state index in [0.717, 1.165) is 23.1 Å². The number of thioether (sulfide) groups is 1. The van der Waals surface area contributed by atoms with Crippen LogP contribution < -0.4 is 5.32 Å². The van der Waals surface area contributed by atoms with E-state index < -0.39 is 11.5 Å². The van der Waals surface area contributed by atoms with Gasteiger partial charge in [-0.3, -0.25) is 15.1 Å². The summed E-state index contributed by atoms with van der Waals surface area (Å²) in [6.07, 6.45) is 0.754. The molecule has 3 atom stereocenters. The molecule has 0 bridgehead atoms. The lowest BCUT2D eigenvalue weighted by molar-refractivity contribution is -0.131. The van der Waals surface area contributed by atoms with Crippen molar-refractivity contribution in [3.8, 4) is 6.07 Å². The van der Waals surface area contributed by atoms with Crippen molar-refractivity contribution in [2.75, 3.05) is 7.05 Å². The van der Waals surface area contributed by atoms with Crippen LogP contribution in [0.4, 0.5) is 0 Å². The highest BCUT2D eigenvalue weighted by molar-refractivity contribution is 8.03. The number of likely N-dealkylation sites (N-methyl/N-ethyl adjacent to an activating group) is 1. The van der Waals surface area contributed by atoms with Crippen molar-refractivity contribution in [1.29, 1.82) is 10.7 Å². The molecule has 2 heterocycles. The van der Waals surface area contributed by atoms with Crippen molar-refractivity contribution in [2.45, 2.75) is 56.2 Å². The minimum absolute atomic E-state index is 0.0354. The van der Waals surface area contributed by atoms with E-state index in [-0.39, 0.29) is 22.5 Å². The van der Waals surface area contributed by atoms with Gasteiger partial charge in [0.1, 0.15) is 0 Å². The fourth-order valence-electron chi connectivity index (χ4n) is 4.69. The molecular formula is C27H30N4OS. The standard InChI is InChI=1S/C27H30N4OS/c1-26(2,3)21-11-9-18(10-12-21)23-24(32)31(5)25(29)30-27(23,4)22-14-20(16-33-22)19-8-6-7-17(13-19)15-28/h6-13,16,22-23H,14H2,1-5H3,(H2,29,30)/t22?,23-,27-/m1/s1. The third kappa shape index (κ3) is 4.18. The number of carbonyl (C=O) groups is 1. The van der Waals surface area contributed by atoms with Gasteiger partial charge in [-0.1, -0.05) is 57.2 Å². The Bertz CT molecular complexity index is 1170. The van der Waals surface area contributed by atoms with Crippen LogP contribution in [0.25, 0.3) is 5.57 Å². The van der Waals surface area contributed by atoms with Gasteiger partial charge in [0.05, 0.1) is 23.1 Å². The van der Waals surface area contributed by atoms with Crippen molar-refractivity contribution >= 4 is 29.2 Å². The van der Waals surface area contributed by atoms with Crippen LogP contribution in [-0.2, 0) is 10.2 Å². The molecule has 5 nitrogen and oxygen atoms in total. The summed E-state index contributed by atoms with van der Waals surface area (Å²) in [4.78, 5) is 14.9. The number of hydrogen-bond donors (Lipinski definition) is 2. The number of nitrogens with zero attached hydrogens (tertiary/aromatic N) is 2. The summed E-state index contributed by atoms with van der Waals surface area (Å²) in [5, 5.41) is 23.3. The lowest BCUT2D eigenvalue weighted by atomic mass is 9.73. The molecule has 4 rings (SSSR count). The molecule has 2 aliphatic heterocycles. The van der Waals surface area contributed by atoms with Gasteiger partial charge in [0.25, 0.3) is 0 Å². The fourth-order valence-corrected chi connectivity index (χ4v) is 6.00. The SMILES string of the molecule is CN1C(=N)N[C@](C)(C2CC(c3cccc(C#N)c3)=CS2)[C@H](c2ccc(C(C)(C)C)cc2)C1=O. The average molecular weight is 459 g/mol. The second kappa shape index (κ2) is 8.39. The van der Waals surface area contributed by atoms with Crippen LogP contribution >= 0.6 is 11.8 Å². The maximum absolute atomic E-state index is 13.5. The summed E-state index contributed by atoms with van der Waals surface area (Å²) >= 11 is 1.70. The van der Waals surface area contributed by atoms with Gasteiger partial charge >= 0.3 is 0 Å². The molecule has 2 aromatic rings. The molecule has 0 spiro atoms. The van der Waals surface area contributed by atoms with Crippen LogP contribution in [-0.4, -0.2) is 34.6 Å². The molecule has 1 fully saturated rings. The number of hydrogen-bond acceptors (Lipinski definition) is 4. The van der Waals surface area contributed by atoms with Gasteiger partial charge in [-0.2, -0.15) is 5.26 Å². The van der Waals surface area contributed by atoms with Crippen LogP contribution in [0.1, 0.15) is 62.3 Å². The lowest BCUT2D eigenvalue weighted by Gasteiger charge is -2.48. The number of guanidine groups is 1. The average Bonchev–Trinajstić information content (AvgIpc) is 3.29. The molecule has 1 amide bonds. The number of amides is 1. The summed E-state index contributed by atoms with van der Waals surface area (Å²) in [5.41, 5.74) is 4.41. The number of carbonyl (C=O) groups excluding carboxylic acids is 1. The van der Waals surface area contributed by atoms with E-state index >= 15 is 0 Å². The summed E-state index contributed by atoms with van der Waals surface area (Å²) in [6.45, 7) is 8.60. The Kier molecular flexibility index (Phi) is 5.88. The van der Waals surface area contributed by atoms with Gasteiger partial charge in [0.15, 0.2) is 5.96 Å². The molecular weight excluding hydrogens is 428 g/mol. The van der Waals surface area contributed by atoms with E-state index in [1.54, 1.807) is 24.9 Å². The van der Waals surface area contributed by atoms with Gasteiger partial charge in [-0.25, -0.2) is 0 Å². The van der Waals surface area contributed by atoms with E-state index in [1.165, 1.54) is 10.5 Å². The molecule has 2 N–H and O–H groups in total. The first-order valence-corrected chi connectivity index (χ1v) is 12.1. The molecule has 1 saturated heterocycles. The number of nitrogens with one attached hydrogen (secondary N) is 2. The molecule has 33 heavy (non-hydrogen) atoms. The van der Waals surface area contributed by atoms with Crippen LogP contribution in [0, 0.1) is 16.7 Å². The molecule has 0 aromatic heterocycles. The van der Waals surface area contributed by atoms with E-state index in [4.69, 9.17) is 5.41 Å². The number of benzene rings is 2. The zero-order chi connectivity index (χ0) is 24.0. The smallest absolute Gasteiger partial charge is 0.238 e. The topological polar surface area (TPSA) is 80.0 Å². The largest absolute Gasteiger partial charge is 0.349 e. The summed E-state index contributed by atoms with van der Waals surface area (Å²) < 4.78 is 0. The van der Waals surface area contributed by atoms with Crippen LogP contribution in [0.5, 0.6) is 0 Å². The van der Waals surface area contributed by atoms with Crippen molar-refractivity contribution in [3.05, 3.63) is 76.2 Å². The Morgan fingerprint density at radius 2 is 1.91 bits per heavy atom. The quantitative estimate of drug-likeness (QED) is 0.659. The third-order valence-corrected chi connectivity index (χ3v) is 8.23. The Morgan fingerprint density at radius 1 is 1.21 bits per heavy atom. The van der Waals surface area contributed by atoms with Gasteiger partial charge in [-0.05, 0) is 58.6 Å². The second-order valence-electron chi connectivity index (χ2n) is 10.1. The molecule has 6 heteroatoms. The predicted octanol–water partition coefficient (Wildman–Crippen LogP) is 5.24. The predicted molar refractivity (Wildman–Crippen MR) is 135 cm³/mol. The molecule has 1 unspecified atom stereocenters. The molecule has 0 aliphatic carbocycles. The van der Waals surface area contributed by atoms with Crippen molar-refractivity contribution < 1.29 is 4.79 Å². The van der Waals surface area contributed by atoms with E-state index in [9.17, 15) is 10.1 Å². The highest BCUT2D eigenvalue weighted by Crippen LogP contribution is 2.48. The lowest BCUT2D eigenvalue weighted by Crippen LogP contribution is -2.67. The van der Waals surface area contributed by atoms with Crippen LogP contribution in [0.15, 0.2) is 53.9 Å². The van der Waals surface area contributed by atoms with E-state index in [1.807, 2.05) is 18.2 Å². The maximum atomic E-state index is 13.5. The van der Waals surface area contributed by atoms with Gasteiger partial charge < -0.3 is 5.32 Å². The Morgan fingerprint density at radius 3 is 2.55 bits per heavy atom. The monoisotopic (exact) mass is 458 g/mol. The summed E-state index contributed by atoms with van der Waals surface area (Å²) in [6, 6.07) is 18.2. The van der Waals surface area contributed by atoms with Crippen LogP contribution in [0.3, 0.4) is 0 Å². The highest BCUT2D eigenvalue weighted by Gasteiger charge is 2.52. The number of allylic oxidation sites excluding steroid dienone is 1. The van der Waals surface area contributed by atoms with E-state index in [0.29, 0.717) is 5.56 Å². The molecule has 2 aliphatic rings. The fraction of sp³-hybridized carbons (Fsp3) is 0.370. The minimum Gasteiger partial charge on any atom is -0.349 e. The second-order valence-corrected chi connectivity index (χ2v) is 11.2. The Balaban J connectivity index is 1.68. The third-order valence-electron chi connectivity index (χ3n) is 6.82. The Hall–Kier alpha value is -3.04. The zero-order valence-electron chi connectivity index (χ0n) is 19.8. The normalized spacial score (nSPS) is 25.5. The van der Waals surface area contributed by atoms with Crippen LogP contribution in [0.2, 0.25) is 0 Å². The molecule has 2 aromatic carbocycles. The highest BCUT2D eigenvalue weighted by atomic mass is 32.2. The Labute approximate surface area is 200 Å². The van der Waals surface area contributed by atoms with Crippen molar-refractivity contribution in [2.24, 2.45) is 0 Å². The minimum atomic E-state index is -0.639. The van der Waals surface area contributed by atoms with Gasteiger partial charge in [0.2, 0.25) is 5.91 Å². The molecule has 170 valence electrons. The van der Waals surface area contributed by atoms with Gasteiger partial charge in [0, 0.05) is 12.3 Å².